The van der Waals surface area contributed by atoms with Crippen molar-refractivity contribution in [2.75, 3.05) is 0 Å². The predicted molar refractivity (Wildman–Crippen MR) is 89.2 cm³/mol. The zero-order valence-electron chi connectivity index (χ0n) is 13.2. The fourth-order valence-corrected chi connectivity index (χ4v) is 2.86. The fourth-order valence-electron chi connectivity index (χ4n) is 2.86. The quantitative estimate of drug-likeness (QED) is 0.479. The molecular weight excluding hydrogens is 259 g/mol. The van der Waals surface area contributed by atoms with Gasteiger partial charge in [-0.05, 0) is 41.3 Å². The number of aryl methyl sites for hydroxylation is 1. The van der Waals surface area contributed by atoms with Gasteiger partial charge in [-0.25, -0.2) is 4.39 Å². The van der Waals surface area contributed by atoms with E-state index < -0.39 is 0 Å². The van der Waals surface area contributed by atoms with E-state index in [0.29, 0.717) is 11.5 Å². The van der Waals surface area contributed by atoms with Gasteiger partial charge in [0.1, 0.15) is 5.82 Å². The maximum Gasteiger partial charge on any atom is 0.139 e. The van der Waals surface area contributed by atoms with Crippen molar-refractivity contribution in [2.45, 2.75) is 52.4 Å². The first-order valence-electron chi connectivity index (χ1n) is 7.80. The molecule has 2 aromatic rings. The first-order chi connectivity index (χ1) is 10.1. The Bertz CT molecular complexity index is 674. The smallest absolute Gasteiger partial charge is 0.139 e. The largest absolute Gasteiger partial charge is 0.206 e. The number of benzene rings is 2. The van der Waals surface area contributed by atoms with E-state index in [4.69, 9.17) is 6.42 Å². The topological polar surface area (TPSA) is 0 Å². The van der Waals surface area contributed by atoms with E-state index >= 15 is 0 Å². The Labute approximate surface area is 127 Å². The Balaban J connectivity index is 2.60. The summed E-state index contributed by atoms with van der Waals surface area (Å²) in [5, 5.41) is 1.97. The first-order valence-corrected chi connectivity index (χ1v) is 7.80. The minimum atomic E-state index is -0.300. The van der Waals surface area contributed by atoms with Gasteiger partial charge in [-0.2, -0.15) is 0 Å². The van der Waals surface area contributed by atoms with Crippen LogP contribution in [0.1, 0.15) is 62.6 Å². The molecule has 0 spiro atoms. The second kappa shape index (κ2) is 6.76. The molecule has 0 bridgehead atoms. The zero-order valence-corrected chi connectivity index (χ0v) is 13.2. The molecule has 0 N–H and O–H groups in total. The van der Waals surface area contributed by atoms with Crippen LogP contribution in [-0.2, 0) is 6.42 Å². The molecule has 1 heteroatoms. The van der Waals surface area contributed by atoms with Crippen molar-refractivity contribution >= 4 is 10.8 Å². The van der Waals surface area contributed by atoms with Crippen molar-refractivity contribution in [3.05, 3.63) is 46.8 Å². The average molecular weight is 282 g/mol. The molecule has 0 saturated carbocycles. The number of halogens is 1. The number of unbranched alkanes of at least 4 members (excludes halogenated alkanes) is 2. The molecule has 110 valence electrons. The van der Waals surface area contributed by atoms with Crippen molar-refractivity contribution in [1.82, 2.24) is 0 Å². The third kappa shape index (κ3) is 3.27. The summed E-state index contributed by atoms with van der Waals surface area (Å²) in [5.74, 6) is 2.56. The van der Waals surface area contributed by atoms with E-state index in [-0.39, 0.29) is 5.82 Å². The minimum absolute atomic E-state index is 0.300. The van der Waals surface area contributed by atoms with Crippen LogP contribution in [0.4, 0.5) is 4.39 Å². The summed E-state index contributed by atoms with van der Waals surface area (Å²) in [4.78, 5) is 0. The van der Waals surface area contributed by atoms with E-state index in [1.165, 1.54) is 30.9 Å². The molecule has 0 atom stereocenters. The molecule has 0 aliphatic carbocycles. The molecule has 0 nitrogen and oxygen atoms in total. The first kappa shape index (κ1) is 15.6. The maximum atomic E-state index is 14.0. The molecule has 2 rings (SSSR count). The van der Waals surface area contributed by atoms with E-state index in [9.17, 15) is 4.39 Å². The van der Waals surface area contributed by atoms with Crippen LogP contribution in [0, 0.1) is 18.2 Å². The molecule has 2 aromatic carbocycles. The van der Waals surface area contributed by atoms with Crippen molar-refractivity contribution in [2.24, 2.45) is 0 Å². The van der Waals surface area contributed by atoms with Crippen LogP contribution in [0.5, 0.6) is 0 Å². The van der Waals surface area contributed by atoms with Crippen molar-refractivity contribution in [3.63, 3.8) is 0 Å². The molecule has 0 unspecified atom stereocenters. The molecule has 0 aromatic heterocycles. The van der Waals surface area contributed by atoms with Gasteiger partial charge in [-0.1, -0.05) is 57.7 Å². The molecule has 21 heavy (non-hydrogen) atoms. The van der Waals surface area contributed by atoms with Crippen LogP contribution in [-0.4, -0.2) is 0 Å². The number of terminal acetylenes is 1. The van der Waals surface area contributed by atoms with Crippen LogP contribution >= 0.6 is 0 Å². The highest BCUT2D eigenvalue weighted by atomic mass is 19.1. The van der Waals surface area contributed by atoms with Gasteiger partial charge in [0.15, 0.2) is 0 Å². The van der Waals surface area contributed by atoms with E-state index in [1.807, 2.05) is 6.07 Å². The minimum Gasteiger partial charge on any atom is -0.206 e. The molecule has 0 radical (unpaired) electrons. The normalized spacial score (nSPS) is 11.0. The summed E-state index contributed by atoms with van der Waals surface area (Å²) < 4.78 is 14.0. The van der Waals surface area contributed by atoms with Crippen molar-refractivity contribution < 1.29 is 4.39 Å². The molecule has 0 fully saturated rings. The lowest BCUT2D eigenvalue weighted by Crippen LogP contribution is -1.98. The third-order valence-corrected chi connectivity index (χ3v) is 3.99. The van der Waals surface area contributed by atoms with Gasteiger partial charge in [-0.15, -0.1) is 6.42 Å². The molecule has 0 saturated heterocycles. The summed E-state index contributed by atoms with van der Waals surface area (Å²) in [5.41, 5.74) is 2.89. The molecule has 0 aliphatic heterocycles. The monoisotopic (exact) mass is 282 g/mol. The highest BCUT2D eigenvalue weighted by Crippen LogP contribution is 2.31. The summed E-state index contributed by atoms with van der Waals surface area (Å²) in [6.07, 6.45) is 10.3. The second-order valence-corrected chi connectivity index (χ2v) is 5.96. The summed E-state index contributed by atoms with van der Waals surface area (Å²) in [6, 6.07) is 7.71. The van der Waals surface area contributed by atoms with Crippen LogP contribution in [0.3, 0.4) is 0 Å². The standard InChI is InChI=1S/C20H23F/c1-5-7-8-9-15-12-16-10-11-19(21)17(6-2)20(16)18(13-15)14(3)4/h2,10-14H,5,7-9H2,1,3-4H3. The van der Waals surface area contributed by atoms with Crippen LogP contribution in [0.2, 0.25) is 0 Å². The van der Waals surface area contributed by atoms with Crippen LogP contribution in [0.25, 0.3) is 10.8 Å². The van der Waals surface area contributed by atoms with Gasteiger partial charge in [0.2, 0.25) is 0 Å². The maximum absolute atomic E-state index is 14.0. The van der Waals surface area contributed by atoms with Crippen molar-refractivity contribution in [1.29, 1.82) is 0 Å². The second-order valence-electron chi connectivity index (χ2n) is 5.96. The lowest BCUT2D eigenvalue weighted by molar-refractivity contribution is 0.626. The van der Waals surface area contributed by atoms with Gasteiger partial charge in [-0.3, -0.25) is 0 Å². The van der Waals surface area contributed by atoms with E-state index in [0.717, 1.165) is 22.8 Å². The highest BCUT2D eigenvalue weighted by Gasteiger charge is 2.13. The van der Waals surface area contributed by atoms with Crippen molar-refractivity contribution in [3.8, 4) is 12.3 Å². The van der Waals surface area contributed by atoms with Gasteiger partial charge in [0, 0.05) is 5.39 Å². The van der Waals surface area contributed by atoms with Gasteiger partial charge in [0.05, 0.1) is 5.56 Å². The lowest BCUT2D eigenvalue weighted by atomic mass is 9.89. The zero-order chi connectivity index (χ0) is 15.4. The number of hydrogen-bond acceptors (Lipinski definition) is 0. The number of fused-ring (bicyclic) bond motifs is 1. The van der Waals surface area contributed by atoms with Gasteiger partial charge < -0.3 is 0 Å². The molecule has 0 amide bonds. The molecular formula is C20H23F. The van der Waals surface area contributed by atoms with Crippen LogP contribution in [0.15, 0.2) is 24.3 Å². The average Bonchev–Trinajstić information content (AvgIpc) is 2.47. The molecule has 0 heterocycles. The Morgan fingerprint density at radius 1 is 1.19 bits per heavy atom. The summed E-state index contributed by atoms with van der Waals surface area (Å²) in [6.45, 7) is 6.48. The van der Waals surface area contributed by atoms with Gasteiger partial charge >= 0.3 is 0 Å². The Kier molecular flexibility index (Phi) is 5.02. The fraction of sp³-hybridized carbons (Fsp3) is 0.400. The van der Waals surface area contributed by atoms with E-state index in [2.05, 4.69) is 38.8 Å². The lowest BCUT2D eigenvalue weighted by Gasteiger charge is -2.15. The number of hydrogen-bond donors (Lipinski definition) is 0. The SMILES string of the molecule is C#Cc1c(F)ccc2cc(CCCCC)cc(C(C)C)c12. The Morgan fingerprint density at radius 2 is 1.95 bits per heavy atom. The Hall–Kier alpha value is -1.81. The third-order valence-electron chi connectivity index (χ3n) is 3.99. The Morgan fingerprint density at radius 3 is 2.57 bits per heavy atom. The predicted octanol–water partition coefficient (Wildman–Crippen LogP) is 5.82. The summed E-state index contributed by atoms with van der Waals surface area (Å²) in [7, 11) is 0. The van der Waals surface area contributed by atoms with E-state index in [1.54, 1.807) is 0 Å². The molecule has 0 aliphatic rings. The number of rotatable bonds is 5. The highest BCUT2D eigenvalue weighted by molar-refractivity contribution is 5.92. The van der Waals surface area contributed by atoms with Crippen LogP contribution < -0.4 is 0 Å². The van der Waals surface area contributed by atoms with Gasteiger partial charge in [0.25, 0.3) is 0 Å². The summed E-state index contributed by atoms with van der Waals surface area (Å²) >= 11 is 0.